The molecule has 26 heavy (non-hydrogen) atoms. The molecule has 1 amide bonds. The zero-order valence-electron chi connectivity index (χ0n) is 15.0. The van der Waals surface area contributed by atoms with E-state index in [0.29, 0.717) is 26.2 Å². The second-order valence-electron chi connectivity index (χ2n) is 6.27. The van der Waals surface area contributed by atoms with Crippen LogP contribution in [0.5, 0.6) is 0 Å². The second-order valence-corrected chi connectivity index (χ2v) is 6.27. The SMILES string of the molecule is Cc1cc(C)n(CC2CN(C(=O)C(N)c3ccccc3)CCO2)n1.Cl.Cl. The minimum Gasteiger partial charge on any atom is -0.373 e. The van der Waals surface area contributed by atoms with E-state index < -0.39 is 6.04 Å². The van der Waals surface area contributed by atoms with Crippen LogP contribution in [0.15, 0.2) is 36.4 Å². The Balaban J connectivity index is 0.00000169. The Kier molecular flexibility index (Phi) is 8.56. The van der Waals surface area contributed by atoms with Gasteiger partial charge < -0.3 is 15.4 Å². The first kappa shape index (κ1) is 22.4. The summed E-state index contributed by atoms with van der Waals surface area (Å²) >= 11 is 0. The molecule has 2 N–H and O–H groups in total. The van der Waals surface area contributed by atoms with Gasteiger partial charge in [-0.15, -0.1) is 24.8 Å². The minimum atomic E-state index is -0.626. The van der Waals surface area contributed by atoms with Crippen LogP contribution in [0.3, 0.4) is 0 Å². The molecule has 0 bridgehead atoms. The lowest BCUT2D eigenvalue weighted by atomic mass is 10.1. The Bertz CT molecular complexity index is 708. The molecule has 144 valence electrons. The number of halogens is 2. The van der Waals surface area contributed by atoms with Gasteiger partial charge in [-0.3, -0.25) is 9.48 Å². The van der Waals surface area contributed by atoms with Crippen molar-refractivity contribution >= 4 is 30.7 Å². The summed E-state index contributed by atoms with van der Waals surface area (Å²) in [6, 6.07) is 10.9. The smallest absolute Gasteiger partial charge is 0.244 e. The average molecular weight is 401 g/mol. The van der Waals surface area contributed by atoms with Gasteiger partial charge in [0.05, 0.1) is 24.9 Å². The summed E-state index contributed by atoms with van der Waals surface area (Å²) in [6.45, 7) is 6.28. The number of nitrogens with two attached hydrogens (primary N) is 1. The van der Waals surface area contributed by atoms with E-state index in [1.54, 1.807) is 4.90 Å². The number of morpholine rings is 1. The van der Waals surface area contributed by atoms with Crippen LogP contribution in [0, 0.1) is 13.8 Å². The molecule has 8 heteroatoms. The van der Waals surface area contributed by atoms with E-state index in [9.17, 15) is 4.79 Å². The molecule has 2 aromatic rings. The molecular weight excluding hydrogens is 375 g/mol. The van der Waals surface area contributed by atoms with Gasteiger partial charge in [-0.2, -0.15) is 5.10 Å². The normalized spacial score (nSPS) is 17.8. The van der Waals surface area contributed by atoms with Gasteiger partial charge >= 0.3 is 0 Å². The van der Waals surface area contributed by atoms with Crippen molar-refractivity contribution in [2.45, 2.75) is 32.5 Å². The molecule has 2 atom stereocenters. The van der Waals surface area contributed by atoms with Crippen LogP contribution in [0.2, 0.25) is 0 Å². The summed E-state index contributed by atoms with van der Waals surface area (Å²) in [5.41, 5.74) is 9.07. The number of aromatic nitrogens is 2. The van der Waals surface area contributed by atoms with Crippen molar-refractivity contribution in [2.75, 3.05) is 19.7 Å². The molecule has 1 aromatic heterocycles. The van der Waals surface area contributed by atoms with E-state index in [2.05, 4.69) is 5.10 Å². The van der Waals surface area contributed by atoms with E-state index in [1.807, 2.05) is 54.9 Å². The molecule has 3 rings (SSSR count). The molecule has 0 saturated carbocycles. The molecular formula is C18H26Cl2N4O2. The van der Waals surface area contributed by atoms with Crippen LogP contribution in [-0.2, 0) is 16.1 Å². The second kappa shape index (κ2) is 9.92. The summed E-state index contributed by atoms with van der Waals surface area (Å²) in [5, 5.41) is 4.47. The quantitative estimate of drug-likeness (QED) is 0.853. The Morgan fingerprint density at radius 3 is 2.62 bits per heavy atom. The molecule has 1 aromatic carbocycles. The van der Waals surface area contributed by atoms with Crippen molar-refractivity contribution in [2.24, 2.45) is 5.73 Å². The summed E-state index contributed by atoms with van der Waals surface area (Å²) in [4.78, 5) is 14.5. The largest absolute Gasteiger partial charge is 0.373 e. The lowest BCUT2D eigenvalue weighted by molar-refractivity contribution is -0.140. The first-order valence-corrected chi connectivity index (χ1v) is 8.26. The first-order valence-electron chi connectivity index (χ1n) is 8.26. The molecule has 1 aliphatic rings. The number of ether oxygens (including phenoxy) is 1. The van der Waals surface area contributed by atoms with E-state index >= 15 is 0 Å². The highest BCUT2D eigenvalue weighted by Gasteiger charge is 2.28. The molecule has 2 heterocycles. The van der Waals surface area contributed by atoms with E-state index in [-0.39, 0.29) is 36.8 Å². The maximum Gasteiger partial charge on any atom is 0.244 e. The Hall–Kier alpha value is -1.60. The Morgan fingerprint density at radius 1 is 1.31 bits per heavy atom. The maximum atomic E-state index is 12.7. The number of carbonyl (C=O) groups is 1. The summed E-state index contributed by atoms with van der Waals surface area (Å²) in [5.74, 6) is -0.0529. The zero-order valence-corrected chi connectivity index (χ0v) is 16.6. The highest BCUT2D eigenvalue weighted by molar-refractivity contribution is 5.85. The van der Waals surface area contributed by atoms with Gasteiger partial charge in [0.15, 0.2) is 0 Å². The highest BCUT2D eigenvalue weighted by Crippen LogP contribution is 2.16. The molecule has 6 nitrogen and oxygen atoms in total. The number of amides is 1. The summed E-state index contributed by atoms with van der Waals surface area (Å²) in [7, 11) is 0. The summed E-state index contributed by atoms with van der Waals surface area (Å²) in [6.07, 6.45) is -0.0660. The van der Waals surface area contributed by atoms with Crippen molar-refractivity contribution in [1.82, 2.24) is 14.7 Å². The van der Waals surface area contributed by atoms with Crippen LogP contribution >= 0.6 is 24.8 Å². The molecule has 1 aliphatic heterocycles. The van der Waals surface area contributed by atoms with Gasteiger partial charge in [0, 0.05) is 18.8 Å². The number of hydrogen-bond acceptors (Lipinski definition) is 4. The number of rotatable bonds is 4. The fourth-order valence-corrected chi connectivity index (χ4v) is 3.08. The zero-order chi connectivity index (χ0) is 17.1. The number of benzene rings is 1. The lowest BCUT2D eigenvalue weighted by Crippen LogP contribution is -2.49. The van der Waals surface area contributed by atoms with Gasteiger partial charge in [-0.05, 0) is 25.5 Å². The predicted molar refractivity (Wildman–Crippen MR) is 106 cm³/mol. The van der Waals surface area contributed by atoms with Crippen molar-refractivity contribution in [3.8, 4) is 0 Å². The number of carbonyl (C=O) groups excluding carboxylic acids is 1. The van der Waals surface area contributed by atoms with Crippen molar-refractivity contribution in [3.63, 3.8) is 0 Å². The summed E-state index contributed by atoms with van der Waals surface area (Å²) < 4.78 is 7.75. The lowest BCUT2D eigenvalue weighted by Gasteiger charge is -2.34. The molecule has 0 spiro atoms. The van der Waals surface area contributed by atoms with Crippen LogP contribution in [0.25, 0.3) is 0 Å². The third kappa shape index (κ3) is 5.20. The Labute approximate surface area is 166 Å². The van der Waals surface area contributed by atoms with Crippen molar-refractivity contribution in [1.29, 1.82) is 0 Å². The highest BCUT2D eigenvalue weighted by atomic mass is 35.5. The molecule has 1 fully saturated rings. The minimum absolute atomic E-state index is 0. The van der Waals surface area contributed by atoms with E-state index in [4.69, 9.17) is 10.5 Å². The van der Waals surface area contributed by atoms with Gasteiger partial charge in [-0.1, -0.05) is 30.3 Å². The fourth-order valence-electron chi connectivity index (χ4n) is 3.08. The predicted octanol–water partition coefficient (Wildman–Crippen LogP) is 2.27. The maximum absolute atomic E-state index is 12.7. The van der Waals surface area contributed by atoms with Gasteiger partial charge in [0.25, 0.3) is 0 Å². The molecule has 2 unspecified atom stereocenters. The average Bonchev–Trinajstić information content (AvgIpc) is 2.92. The van der Waals surface area contributed by atoms with E-state index in [1.165, 1.54) is 0 Å². The van der Waals surface area contributed by atoms with E-state index in [0.717, 1.165) is 17.0 Å². The third-order valence-electron chi connectivity index (χ3n) is 4.36. The van der Waals surface area contributed by atoms with Gasteiger partial charge in [0.2, 0.25) is 5.91 Å². The van der Waals surface area contributed by atoms with Crippen LogP contribution in [0.1, 0.15) is 23.0 Å². The molecule has 1 saturated heterocycles. The van der Waals surface area contributed by atoms with Gasteiger partial charge in [0.1, 0.15) is 6.04 Å². The monoisotopic (exact) mass is 400 g/mol. The molecule has 0 radical (unpaired) electrons. The van der Waals surface area contributed by atoms with Gasteiger partial charge in [-0.25, -0.2) is 0 Å². The topological polar surface area (TPSA) is 73.4 Å². The Morgan fingerprint density at radius 2 is 2.00 bits per heavy atom. The number of aryl methyl sites for hydroxylation is 2. The first-order chi connectivity index (χ1) is 11.5. The number of hydrogen-bond donors (Lipinski definition) is 1. The van der Waals surface area contributed by atoms with Crippen LogP contribution in [0.4, 0.5) is 0 Å². The fraction of sp³-hybridized carbons (Fsp3) is 0.444. The van der Waals surface area contributed by atoms with Crippen molar-refractivity contribution in [3.05, 3.63) is 53.3 Å². The number of nitrogens with zero attached hydrogens (tertiary/aromatic N) is 3. The van der Waals surface area contributed by atoms with Crippen LogP contribution in [-0.4, -0.2) is 46.4 Å². The van der Waals surface area contributed by atoms with Crippen molar-refractivity contribution < 1.29 is 9.53 Å². The standard InChI is InChI=1S/C18H24N4O2.2ClH/c1-13-10-14(2)22(20-13)12-16-11-21(8-9-24-16)18(23)17(19)15-6-4-3-5-7-15;;/h3-7,10,16-17H,8-9,11-12,19H2,1-2H3;2*1H. The molecule has 0 aliphatic carbocycles. The van der Waals surface area contributed by atoms with Crippen LogP contribution < -0.4 is 5.73 Å². The third-order valence-corrected chi connectivity index (χ3v) is 4.36.